The third-order valence-corrected chi connectivity index (χ3v) is 3.66. The van der Waals surface area contributed by atoms with Crippen molar-refractivity contribution < 1.29 is 4.79 Å². The quantitative estimate of drug-likeness (QED) is 0.790. The Bertz CT molecular complexity index is 369. The van der Waals surface area contributed by atoms with Gasteiger partial charge in [-0.1, -0.05) is 62.4 Å². The topological polar surface area (TPSA) is 17.1 Å². The zero-order valence-electron chi connectivity index (χ0n) is 10.5. The molecule has 0 atom stereocenters. The number of aryl methyl sites for hydroxylation is 1. The van der Waals surface area contributed by atoms with Crippen LogP contribution >= 0.6 is 11.8 Å². The molecule has 1 rings (SSSR count). The molecule has 1 nitrogen and oxygen atoms in total. The molecule has 0 aliphatic rings. The lowest BCUT2D eigenvalue weighted by molar-refractivity contribution is -0.118. The van der Waals surface area contributed by atoms with E-state index < -0.39 is 0 Å². The Morgan fingerprint density at radius 3 is 2.62 bits per heavy atom. The lowest BCUT2D eigenvalue weighted by atomic mass is 9.87. The molecule has 0 bridgehead atoms. The summed E-state index contributed by atoms with van der Waals surface area (Å²) in [4.78, 5) is 11.9. The summed E-state index contributed by atoms with van der Waals surface area (Å²) in [5, 5.41) is 0.288. The van der Waals surface area contributed by atoms with Crippen molar-refractivity contribution in [1.29, 1.82) is 0 Å². The normalized spacial score (nSPS) is 11.5. The van der Waals surface area contributed by atoms with E-state index in [9.17, 15) is 4.79 Å². The Morgan fingerprint density at radius 1 is 1.38 bits per heavy atom. The van der Waals surface area contributed by atoms with Crippen molar-refractivity contribution in [2.45, 2.75) is 34.1 Å². The van der Waals surface area contributed by atoms with E-state index in [2.05, 4.69) is 31.2 Å². The van der Waals surface area contributed by atoms with Gasteiger partial charge >= 0.3 is 0 Å². The first kappa shape index (κ1) is 13.3. The van der Waals surface area contributed by atoms with Gasteiger partial charge in [0.25, 0.3) is 0 Å². The highest BCUT2D eigenvalue weighted by atomic mass is 32.2. The third kappa shape index (κ3) is 3.67. The van der Waals surface area contributed by atoms with Crippen LogP contribution < -0.4 is 0 Å². The second kappa shape index (κ2) is 5.53. The molecule has 0 saturated heterocycles. The summed E-state index contributed by atoms with van der Waals surface area (Å²) in [6, 6.07) is 8.39. The number of hydrogen-bond donors (Lipinski definition) is 0. The molecule has 0 amide bonds. The summed E-state index contributed by atoms with van der Waals surface area (Å²) in [5.74, 6) is 0.857. The molecule has 0 spiro atoms. The average molecular weight is 236 g/mol. The molecular weight excluding hydrogens is 216 g/mol. The van der Waals surface area contributed by atoms with Gasteiger partial charge in [0.05, 0.1) is 0 Å². The zero-order chi connectivity index (χ0) is 12.2. The van der Waals surface area contributed by atoms with E-state index in [1.165, 1.54) is 22.9 Å². The van der Waals surface area contributed by atoms with Gasteiger partial charge in [0.2, 0.25) is 0 Å². The number of rotatable bonds is 4. The fraction of sp³-hybridized carbons (Fsp3) is 0.500. The number of hydrogen-bond acceptors (Lipinski definition) is 2. The lowest BCUT2D eigenvalue weighted by Crippen LogP contribution is -2.24. The SMILES string of the molecule is CCSC(=O)C(C)(C)Cc1cccc(C)c1. The Hall–Kier alpha value is -0.760. The summed E-state index contributed by atoms with van der Waals surface area (Å²) >= 11 is 1.42. The van der Waals surface area contributed by atoms with E-state index in [0.29, 0.717) is 0 Å². The second-order valence-electron chi connectivity index (χ2n) is 4.77. The molecule has 0 unspecified atom stereocenters. The number of benzene rings is 1. The van der Waals surface area contributed by atoms with Gasteiger partial charge in [0, 0.05) is 5.41 Å². The molecule has 1 aromatic carbocycles. The Labute approximate surface area is 103 Å². The third-order valence-electron chi connectivity index (χ3n) is 2.56. The summed E-state index contributed by atoms with van der Waals surface area (Å²) < 4.78 is 0. The van der Waals surface area contributed by atoms with Crippen molar-refractivity contribution >= 4 is 16.9 Å². The maximum absolute atomic E-state index is 11.9. The van der Waals surface area contributed by atoms with Crippen LogP contribution in [0.15, 0.2) is 24.3 Å². The van der Waals surface area contributed by atoms with E-state index >= 15 is 0 Å². The van der Waals surface area contributed by atoms with Crippen LogP contribution in [0.4, 0.5) is 0 Å². The van der Waals surface area contributed by atoms with Crippen molar-refractivity contribution in [2.24, 2.45) is 5.41 Å². The van der Waals surface area contributed by atoms with Crippen molar-refractivity contribution in [2.75, 3.05) is 5.75 Å². The van der Waals surface area contributed by atoms with Crippen LogP contribution in [0.2, 0.25) is 0 Å². The standard InChI is InChI=1S/C14H20OS/c1-5-16-13(15)14(3,4)10-12-8-6-7-11(2)9-12/h6-9H,5,10H2,1-4H3. The van der Waals surface area contributed by atoms with E-state index in [0.717, 1.165) is 12.2 Å². The van der Waals surface area contributed by atoms with E-state index in [-0.39, 0.29) is 10.5 Å². The summed E-state index contributed by atoms with van der Waals surface area (Å²) in [7, 11) is 0. The minimum absolute atomic E-state index is 0.269. The van der Waals surface area contributed by atoms with E-state index in [4.69, 9.17) is 0 Å². The first-order chi connectivity index (χ1) is 7.45. The minimum Gasteiger partial charge on any atom is -0.287 e. The molecule has 0 radical (unpaired) electrons. The molecule has 0 aliphatic heterocycles. The molecule has 0 aliphatic carbocycles. The highest BCUT2D eigenvalue weighted by molar-refractivity contribution is 8.13. The maximum Gasteiger partial charge on any atom is 0.194 e. The average Bonchev–Trinajstić information content (AvgIpc) is 2.17. The summed E-state index contributed by atoms with van der Waals surface area (Å²) in [5.41, 5.74) is 2.23. The zero-order valence-corrected chi connectivity index (χ0v) is 11.4. The molecule has 88 valence electrons. The molecular formula is C14H20OS. The van der Waals surface area contributed by atoms with Crippen molar-refractivity contribution in [3.63, 3.8) is 0 Å². The van der Waals surface area contributed by atoms with E-state index in [1.807, 2.05) is 20.8 Å². The van der Waals surface area contributed by atoms with Crippen molar-refractivity contribution in [3.05, 3.63) is 35.4 Å². The molecule has 0 saturated carbocycles. The van der Waals surface area contributed by atoms with Gasteiger partial charge in [-0.3, -0.25) is 4.79 Å². The Balaban J connectivity index is 2.75. The van der Waals surface area contributed by atoms with Gasteiger partial charge in [0.15, 0.2) is 5.12 Å². The lowest BCUT2D eigenvalue weighted by Gasteiger charge is -2.22. The molecule has 0 fully saturated rings. The number of carbonyl (C=O) groups is 1. The van der Waals surface area contributed by atoms with Crippen molar-refractivity contribution in [1.82, 2.24) is 0 Å². The predicted octanol–water partition coefficient (Wildman–Crippen LogP) is 3.84. The molecule has 0 heterocycles. The smallest absolute Gasteiger partial charge is 0.194 e. The highest BCUT2D eigenvalue weighted by Crippen LogP contribution is 2.28. The fourth-order valence-electron chi connectivity index (χ4n) is 1.73. The molecule has 0 aromatic heterocycles. The molecule has 1 aromatic rings. The van der Waals surface area contributed by atoms with Crippen LogP contribution in [-0.4, -0.2) is 10.9 Å². The van der Waals surface area contributed by atoms with Gasteiger partial charge in [-0.05, 0) is 24.7 Å². The van der Waals surface area contributed by atoms with Crippen LogP contribution in [0.3, 0.4) is 0 Å². The van der Waals surface area contributed by atoms with Crippen LogP contribution in [0.5, 0.6) is 0 Å². The van der Waals surface area contributed by atoms with E-state index in [1.54, 1.807) is 0 Å². The highest BCUT2D eigenvalue weighted by Gasteiger charge is 2.27. The van der Waals surface area contributed by atoms with Gasteiger partial charge < -0.3 is 0 Å². The first-order valence-electron chi connectivity index (χ1n) is 5.68. The van der Waals surface area contributed by atoms with Gasteiger partial charge in [-0.2, -0.15) is 0 Å². The van der Waals surface area contributed by atoms with Crippen LogP contribution in [0.1, 0.15) is 31.9 Å². The number of thioether (sulfide) groups is 1. The number of carbonyl (C=O) groups excluding carboxylic acids is 1. The Kier molecular flexibility index (Phi) is 4.60. The largest absolute Gasteiger partial charge is 0.287 e. The predicted molar refractivity (Wildman–Crippen MR) is 71.8 cm³/mol. The van der Waals surface area contributed by atoms with Gasteiger partial charge in [-0.25, -0.2) is 0 Å². The molecule has 2 heteroatoms. The first-order valence-corrected chi connectivity index (χ1v) is 6.67. The maximum atomic E-state index is 11.9. The summed E-state index contributed by atoms with van der Waals surface area (Å²) in [6.45, 7) is 8.16. The molecule has 16 heavy (non-hydrogen) atoms. The van der Waals surface area contributed by atoms with Gasteiger partial charge in [-0.15, -0.1) is 0 Å². The second-order valence-corrected chi connectivity index (χ2v) is 6.01. The van der Waals surface area contributed by atoms with Gasteiger partial charge in [0.1, 0.15) is 0 Å². The van der Waals surface area contributed by atoms with Crippen molar-refractivity contribution in [3.8, 4) is 0 Å². The molecule has 0 N–H and O–H groups in total. The van der Waals surface area contributed by atoms with Crippen LogP contribution in [0, 0.1) is 12.3 Å². The summed E-state index contributed by atoms with van der Waals surface area (Å²) in [6.07, 6.45) is 0.820. The van der Waals surface area contributed by atoms with Crippen LogP contribution in [0.25, 0.3) is 0 Å². The minimum atomic E-state index is -0.269. The monoisotopic (exact) mass is 236 g/mol. The fourth-order valence-corrected chi connectivity index (χ4v) is 2.46. The van der Waals surface area contributed by atoms with Crippen LogP contribution in [-0.2, 0) is 11.2 Å². The Morgan fingerprint density at radius 2 is 2.06 bits per heavy atom.